The highest BCUT2D eigenvalue weighted by molar-refractivity contribution is 6.74. The van der Waals surface area contributed by atoms with Gasteiger partial charge < -0.3 is 14.1 Å². The van der Waals surface area contributed by atoms with Gasteiger partial charge in [0.15, 0.2) is 0 Å². The summed E-state index contributed by atoms with van der Waals surface area (Å²) in [6.07, 6.45) is 0.924. The van der Waals surface area contributed by atoms with Crippen LogP contribution in [0, 0.1) is 0 Å². The van der Waals surface area contributed by atoms with E-state index in [9.17, 15) is 0 Å². The van der Waals surface area contributed by atoms with E-state index in [4.69, 9.17) is 14.1 Å². The Morgan fingerprint density at radius 2 is 1.44 bits per heavy atom. The van der Waals surface area contributed by atoms with Crippen LogP contribution in [0.1, 0.15) is 38.3 Å². The van der Waals surface area contributed by atoms with Crippen molar-refractivity contribution >= 4 is 19.4 Å². The molecule has 0 aliphatic carbocycles. The lowest BCUT2D eigenvalue weighted by Crippen LogP contribution is -2.44. The number of imidazole rings is 1. The van der Waals surface area contributed by atoms with Crippen molar-refractivity contribution in [3.05, 3.63) is 90.0 Å². The van der Waals surface area contributed by atoms with E-state index in [1.165, 1.54) is 11.1 Å². The number of aromatic amines is 1. The molecule has 4 rings (SSSR count). The Morgan fingerprint density at radius 3 is 2.03 bits per heavy atom. The number of nitrogens with one attached hydrogen (secondary N) is 1. The highest BCUT2D eigenvalue weighted by Gasteiger charge is 2.39. The number of rotatable bonds is 11. The summed E-state index contributed by atoms with van der Waals surface area (Å²) >= 11 is 0. The topological polar surface area (TPSA) is 50.4 Å². The van der Waals surface area contributed by atoms with E-state index < -0.39 is 8.32 Å². The van der Waals surface area contributed by atoms with Crippen LogP contribution in [0.15, 0.2) is 78.9 Å². The molecule has 3 aromatic carbocycles. The van der Waals surface area contributed by atoms with Crippen LogP contribution in [0.2, 0.25) is 18.1 Å². The zero-order chi connectivity index (χ0) is 25.6. The summed E-state index contributed by atoms with van der Waals surface area (Å²) in [4.78, 5) is 10.6. The first kappa shape index (κ1) is 26.0. The van der Waals surface area contributed by atoms with Crippen LogP contribution in [0.5, 0.6) is 11.8 Å². The Hall–Kier alpha value is -3.09. The van der Waals surface area contributed by atoms with Gasteiger partial charge in [0.05, 0.1) is 12.1 Å². The molecule has 0 saturated carbocycles. The van der Waals surface area contributed by atoms with Crippen LogP contribution in [0.3, 0.4) is 0 Å². The molecule has 190 valence electrons. The second kappa shape index (κ2) is 11.3. The lowest BCUT2D eigenvalue weighted by atomic mass is 10.1. The molecule has 1 heterocycles. The molecule has 0 unspecified atom stereocenters. The SMILES string of the molecule is CC(C)(C)[Si](C)(C)Oc1nc2c(OCCCN(Cc3ccccc3)Cc3ccccc3)cccc2[nH]1. The number of H-pyrrole nitrogens is 1. The third kappa shape index (κ3) is 6.77. The van der Waals surface area contributed by atoms with Gasteiger partial charge in [0.1, 0.15) is 11.3 Å². The zero-order valence-electron chi connectivity index (χ0n) is 22.3. The second-order valence-corrected chi connectivity index (χ2v) is 15.7. The summed E-state index contributed by atoms with van der Waals surface area (Å²) in [5.41, 5.74) is 4.42. The molecule has 5 nitrogen and oxygen atoms in total. The van der Waals surface area contributed by atoms with Gasteiger partial charge in [-0.15, -0.1) is 0 Å². The van der Waals surface area contributed by atoms with Crippen LogP contribution < -0.4 is 9.16 Å². The van der Waals surface area contributed by atoms with Gasteiger partial charge in [-0.1, -0.05) is 87.5 Å². The molecular weight excluding hydrogens is 462 g/mol. The normalized spacial score (nSPS) is 12.3. The molecule has 6 heteroatoms. The number of fused-ring (bicyclic) bond motifs is 1. The second-order valence-electron chi connectivity index (χ2n) is 10.9. The number of nitrogens with zero attached hydrogens (tertiary/aromatic N) is 2. The minimum atomic E-state index is -1.97. The maximum absolute atomic E-state index is 6.39. The standard InChI is InChI=1S/C30H39N3O2Si/c1-30(2,3)36(4,5)35-29-31-26-18-12-19-27(28(26)32-29)34-21-13-20-33(22-24-14-8-6-9-15-24)23-25-16-10-7-11-17-25/h6-12,14-19H,13,20-23H2,1-5H3,(H,31,32). The van der Waals surface area contributed by atoms with Crippen molar-refractivity contribution in [2.24, 2.45) is 0 Å². The fraction of sp³-hybridized carbons (Fsp3) is 0.367. The van der Waals surface area contributed by atoms with Gasteiger partial charge in [0.2, 0.25) is 0 Å². The predicted octanol–water partition coefficient (Wildman–Crippen LogP) is 7.42. The highest BCUT2D eigenvalue weighted by atomic mass is 28.4. The van der Waals surface area contributed by atoms with Gasteiger partial charge in [0.25, 0.3) is 14.3 Å². The third-order valence-electron chi connectivity index (χ3n) is 6.99. The van der Waals surface area contributed by atoms with Gasteiger partial charge in [-0.25, -0.2) is 0 Å². The van der Waals surface area contributed by atoms with Crippen LogP contribution in [-0.2, 0) is 13.1 Å². The lowest BCUT2D eigenvalue weighted by Gasteiger charge is -2.35. The van der Waals surface area contributed by atoms with Crippen LogP contribution >= 0.6 is 0 Å². The zero-order valence-corrected chi connectivity index (χ0v) is 23.3. The van der Waals surface area contributed by atoms with Gasteiger partial charge in [-0.05, 0) is 47.8 Å². The average Bonchev–Trinajstić information content (AvgIpc) is 3.25. The number of hydrogen-bond acceptors (Lipinski definition) is 4. The first-order valence-corrected chi connectivity index (χ1v) is 15.7. The molecule has 0 aliphatic heterocycles. The molecule has 0 atom stereocenters. The number of ether oxygens (including phenoxy) is 1. The Balaban J connectivity index is 1.38. The molecule has 0 aliphatic rings. The monoisotopic (exact) mass is 501 g/mol. The molecular formula is C30H39N3O2Si. The predicted molar refractivity (Wildman–Crippen MR) is 151 cm³/mol. The Kier molecular flexibility index (Phi) is 8.16. The summed E-state index contributed by atoms with van der Waals surface area (Å²) < 4.78 is 12.6. The van der Waals surface area contributed by atoms with Crippen LogP contribution in [0.4, 0.5) is 0 Å². The summed E-state index contributed by atoms with van der Waals surface area (Å²) in [5, 5.41) is 0.108. The molecule has 1 N–H and O–H groups in total. The van der Waals surface area contributed by atoms with E-state index in [1.54, 1.807) is 0 Å². The molecule has 1 aromatic heterocycles. The smallest absolute Gasteiger partial charge is 0.280 e. The molecule has 36 heavy (non-hydrogen) atoms. The molecule has 0 fully saturated rings. The fourth-order valence-corrected chi connectivity index (χ4v) is 4.80. The average molecular weight is 502 g/mol. The summed E-state index contributed by atoms with van der Waals surface area (Å²) in [7, 11) is -1.97. The van der Waals surface area contributed by atoms with Crippen molar-refractivity contribution < 1.29 is 9.16 Å². The van der Waals surface area contributed by atoms with E-state index in [-0.39, 0.29) is 5.04 Å². The minimum Gasteiger partial charge on any atom is -0.518 e. The summed E-state index contributed by atoms with van der Waals surface area (Å²) in [6.45, 7) is 14.6. The Labute approximate surface area is 216 Å². The van der Waals surface area contributed by atoms with Crippen LogP contribution in [-0.4, -0.2) is 36.3 Å². The van der Waals surface area contributed by atoms with Crippen molar-refractivity contribution in [1.29, 1.82) is 0 Å². The molecule has 0 spiro atoms. The third-order valence-corrected chi connectivity index (χ3v) is 11.3. The van der Waals surface area contributed by atoms with E-state index >= 15 is 0 Å². The first-order chi connectivity index (χ1) is 17.2. The van der Waals surface area contributed by atoms with Crippen molar-refractivity contribution in [3.63, 3.8) is 0 Å². The van der Waals surface area contributed by atoms with E-state index in [1.807, 2.05) is 18.2 Å². The molecule has 0 amide bonds. The number of hydrogen-bond donors (Lipinski definition) is 1. The van der Waals surface area contributed by atoms with E-state index in [0.29, 0.717) is 12.6 Å². The highest BCUT2D eigenvalue weighted by Crippen LogP contribution is 2.37. The van der Waals surface area contributed by atoms with Gasteiger partial charge >= 0.3 is 0 Å². The molecule has 0 saturated heterocycles. The van der Waals surface area contributed by atoms with Crippen molar-refractivity contribution in [1.82, 2.24) is 14.9 Å². The number of para-hydroxylation sites is 1. The minimum absolute atomic E-state index is 0.108. The summed E-state index contributed by atoms with van der Waals surface area (Å²) in [5.74, 6) is 0.798. The Bertz CT molecular complexity index is 1190. The maximum atomic E-state index is 6.39. The van der Waals surface area contributed by atoms with E-state index in [2.05, 4.69) is 104 Å². The van der Waals surface area contributed by atoms with Crippen molar-refractivity contribution in [3.8, 4) is 11.8 Å². The first-order valence-electron chi connectivity index (χ1n) is 12.8. The largest absolute Gasteiger partial charge is 0.518 e. The summed E-state index contributed by atoms with van der Waals surface area (Å²) in [6, 6.07) is 27.9. The fourth-order valence-electron chi connectivity index (χ4n) is 3.91. The van der Waals surface area contributed by atoms with E-state index in [0.717, 1.165) is 42.8 Å². The quantitative estimate of drug-likeness (QED) is 0.172. The van der Waals surface area contributed by atoms with Gasteiger partial charge in [-0.3, -0.25) is 4.90 Å². The van der Waals surface area contributed by atoms with Crippen LogP contribution in [0.25, 0.3) is 11.0 Å². The number of aromatic nitrogens is 2. The van der Waals surface area contributed by atoms with Gasteiger partial charge in [0, 0.05) is 19.6 Å². The Morgan fingerprint density at radius 1 is 0.833 bits per heavy atom. The van der Waals surface area contributed by atoms with Crippen molar-refractivity contribution in [2.75, 3.05) is 13.2 Å². The lowest BCUT2D eigenvalue weighted by molar-refractivity contribution is 0.222. The molecule has 0 bridgehead atoms. The molecule has 0 radical (unpaired) electrons. The maximum Gasteiger partial charge on any atom is 0.280 e. The number of benzene rings is 3. The molecule has 4 aromatic rings. The van der Waals surface area contributed by atoms with Crippen molar-refractivity contribution in [2.45, 2.75) is 58.4 Å². The van der Waals surface area contributed by atoms with Gasteiger partial charge in [-0.2, -0.15) is 4.98 Å².